The Kier molecular flexibility index (Phi) is 3.82. The summed E-state index contributed by atoms with van der Waals surface area (Å²) in [6.45, 7) is 1.76. The highest BCUT2D eigenvalue weighted by Gasteiger charge is 2.18. The van der Waals surface area contributed by atoms with Crippen molar-refractivity contribution in [2.45, 2.75) is 13.0 Å². The van der Waals surface area contributed by atoms with Gasteiger partial charge in [-0.15, -0.1) is 0 Å². The molecule has 0 aliphatic carbocycles. The van der Waals surface area contributed by atoms with E-state index >= 15 is 0 Å². The van der Waals surface area contributed by atoms with Crippen LogP contribution < -0.4 is 19.5 Å². The van der Waals surface area contributed by atoms with E-state index in [1.165, 1.54) is 18.2 Å². The molecule has 0 aromatic heterocycles. The van der Waals surface area contributed by atoms with E-state index in [1.807, 2.05) is 0 Å². The number of carbonyl (C=O) groups excluding carboxylic acids is 1. The average molecular weight is 303 g/mol. The Labute approximate surface area is 126 Å². The van der Waals surface area contributed by atoms with Gasteiger partial charge in [0.2, 0.25) is 6.79 Å². The van der Waals surface area contributed by atoms with Crippen molar-refractivity contribution in [2.24, 2.45) is 0 Å². The first kappa shape index (κ1) is 14.2. The van der Waals surface area contributed by atoms with Crippen molar-refractivity contribution < 1.29 is 23.4 Å². The lowest BCUT2D eigenvalue weighted by Gasteiger charge is -2.15. The van der Waals surface area contributed by atoms with Crippen molar-refractivity contribution >= 4 is 11.6 Å². The number of carbonyl (C=O) groups is 1. The lowest BCUT2D eigenvalue weighted by Crippen LogP contribution is -2.30. The summed E-state index contributed by atoms with van der Waals surface area (Å²) in [5.41, 5.74) is 0.573. The predicted octanol–water partition coefficient (Wildman–Crippen LogP) is 2.96. The summed E-state index contributed by atoms with van der Waals surface area (Å²) >= 11 is 0. The number of amides is 1. The van der Waals surface area contributed by atoms with Gasteiger partial charge in [0.1, 0.15) is 11.6 Å². The zero-order valence-corrected chi connectivity index (χ0v) is 11.8. The zero-order chi connectivity index (χ0) is 15.5. The lowest BCUT2D eigenvalue weighted by atomic mass is 10.2. The maximum atomic E-state index is 13.1. The summed E-state index contributed by atoms with van der Waals surface area (Å²) in [5.74, 6) is 0.760. The molecule has 1 amide bonds. The average Bonchev–Trinajstić information content (AvgIpc) is 2.94. The molecule has 0 saturated heterocycles. The van der Waals surface area contributed by atoms with Crippen LogP contribution in [-0.2, 0) is 4.79 Å². The molecule has 0 spiro atoms. The molecule has 1 atom stereocenters. The van der Waals surface area contributed by atoms with Crippen molar-refractivity contribution in [1.82, 2.24) is 0 Å². The molecule has 114 valence electrons. The summed E-state index contributed by atoms with van der Waals surface area (Å²) in [6.07, 6.45) is -0.771. The highest BCUT2D eigenvalue weighted by Crippen LogP contribution is 2.34. The van der Waals surface area contributed by atoms with Crippen LogP contribution in [0.1, 0.15) is 6.92 Å². The summed E-state index contributed by atoms with van der Waals surface area (Å²) in [6, 6.07) is 10.8. The number of hydrogen-bond acceptors (Lipinski definition) is 4. The van der Waals surface area contributed by atoms with E-state index in [4.69, 9.17) is 14.2 Å². The van der Waals surface area contributed by atoms with Crippen LogP contribution in [0.4, 0.5) is 10.1 Å². The van der Waals surface area contributed by atoms with Gasteiger partial charge < -0.3 is 19.5 Å². The molecule has 2 aromatic carbocycles. The molecule has 1 aliphatic heterocycles. The van der Waals surface area contributed by atoms with Crippen molar-refractivity contribution in [3.8, 4) is 17.2 Å². The molecule has 0 fully saturated rings. The Morgan fingerprint density at radius 1 is 1.23 bits per heavy atom. The van der Waals surface area contributed by atoms with Gasteiger partial charge >= 0.3 is 0 Å². The number of rotatable bonds is 4. The topological polar surface area (TPSA) is 56.8 Å². The van der Waals surface area contributed by atoms with Gasteiger partial charge in [-0.1, -0.05) is 6.07 Å². The molecule has 3 rings (SSSR count). The number of nitrogens with one attached hydrogen (secondary N) is 1. The van der Waals surface area contributed by atoms with Crippen LogP contribution in [0.15, 0.2) is 42.5 Å². The Balaban J connectivity index is 1.64. The van der Waals surface area contributed by atoms with Gasteiger partial charge in [-0.2, -0.15) is 0 Å². The molecule has 1 aliphatic rings. The molecular formula is C16H14FNO4. The standard InChI is InChI=1S/C16H14FNO4/c1-10(22-13-4-2-3-11(17)7-13)16(19)18-12-5-6-14-15(8-12)21-9-20-14/h2-8,10H,9H2,1H3,(H,18,19)/t10-/m1/s1. The second kappa shape index (κ2) is 5.93. The molecule has 0 radical (unpaired) electrons. The van der Waals surface area contributed by atoms with Crippen LogP contribution in [-0.4, -0.2) is 18.8 Å². The monoisotopic (exact) mass is 303 g/mol. The Morgan fingerprint density at radius 3 is 2.86 bits per heavy atom. The van der Waals surface area contributed by atoms with E-state index in [0.717, 1.165) is 0 Å². The van der Waals surface area contributed by atoms with Gasteiger partial charge in [-0.3, -0.25) is 4.79 Å². The first-order chi connectivity index (χ1) is 10.6. The van der Waals surface area contributed by atoms with Gasteiger partial charge in [0.15, 0.2) is 17.6 Å². The minimum absolute atomic E-state index is 0.172. The smallest absolute Gasteiger partial charge is 0.265 e. The normalized spacial score (nSPS) is 13.5. The molecule has 22 heavy (non-hydrogen) atoms. The van der Waals surface area contributed by atoms with Crippen LogP contribution in [0, 0.1) is 5.82 Å². The fourth-order valence-electron chi connectivity index (χ4n) is 2.02. The quantitative estimate of drug-likeness (QED) is 0.943. The minimum atomic E-state index is -0.771. The highest BCUT2D eigenvalue weighted by atomic mass is 19.1. The summed E-state index contributed by atoms with van der Waals surface area (Å²) < 4.78 is 28.9. The Bertz CT molecular complexity index is 704. The van der Waals surface area contributed by atoms with Crippen LogP contribution in [0.2, 0.25) is 0 Å². The van der Waals surface area contributed by atoms with E-state index < -0.39 is 11.9 Å². The fraction of sp³-hybridized carbons (Fsp3) is 0.188. The minimum Gasteiger partial charge on any atom is -0.481 e. The Morgan fingerprint density at radius 2 is 2.05 bits per heavy atom. The third-order valence-electron chi connectivity index (χ3n) is 3.12. The maximum absolute atomic E-state index is 13.1. The van der Waals surface area contributed by atoms with Gasteiger partial charge in [0, 0.05) is 17.8 Å². The summed E-state index contributed by atoms with van der Waals surface area (Å²) in [5, 5.41) is 2.71. The molecule has 1 N–H and O–H groups in total. The molecular weight excluding hydrogens is 289 g/mol. The molecule has 1 heterocycles. The van der Waals surface area contributed by atoms with E-state index in [9.17, 15) is 9.18 Å². The van der Waals surface area contributed by atoms with Gasteiger partial charge in [-0.25, -0.2) is 4.39 Å². The number of ether oxygens (including phenoxy) is 3. The van der Waals surface area contributed by atoms with Crippen LogP contribution in [0.5, 0.6) is 17.2 Å². The first-order valence-electron chi connectivity index (χ1n) is 6.74. The molecule has 5 nitrogen and oxygen atoms in total. The number of anilines is 1. The molecule has 0 unspecified atom stereocenters. The highest BCUT2D eigenvalue weighted by molar-refractivity contribution is 5.94. The Hall–Kier alpha value is -2.76. The van der Waals surface area contributed by atoms with Gasteiger partial charge in [0.05, 0.1) is 0 Å². The van der Waals surface area contributed by atoms with Gasteiger partial charge in [0.25, 0.3) is 5.91 Å². The number of hydrogen-bond donors (Lipinski definition) is 1. The van der Waals surface area contributed by atoms with E-state index in [1.54, 1.807) is 31.2 Å². The number of halogens is 1. The van der Waals surface area contributed by atoms with Crippen LogP contribution >= 0.6 is 0 Å². The summed E-state index contributed by atoms with van der Waals surface area (Å²) in [4.78, 5) is 12.1. The number of benzene rings is 2. The molecule has 6 heteroatoms. The van der Waals surface area contributed by atoms with E-state index in [-0.39, 0.29) is 12.7 Å². The van der Waals surface area contributed by atoms with Crippen molar-refractivity contribution in [2.75, 3.05) is 12.1 Å². The predicted molar refractivity (Wildman–Crippen MR) is 77.7 cm³/mol. The molecule has 0 saturated carbocycles. The third kappa shape index (κ3) is 3.11. The van der Waals surface area contributed by atoms with E-state index in [0.29, 0.717) is 22.9 Å². The SMILES string of the molecule is C[C@@H](Oc1cccc(F)c1)C(=O)Nc1ccc2c(c1)OCO2. The number of fused-ring (bicyclic) bond motifs is 1. The van der Waals surface area contributed by atoms with E-state index in [2.05, 4.69) is 5.32 Å². The molecule has 0 bridgehead atoms. The van der Waals surface area contributed by atoms with Crippen molar-refractivity contribution in [3.05, 3.63) is 48.3 Å². The second-order valence-electron chi connectivity index (χ2n) is 4.77. The molecule has 2 aromatic rings. The maximum Gasteiger partial charge on any atom is 0.265 e. The van der Waals surface area contributed by atoms with Gasteiger partial charge in [-0.05, 0) is 31.2 Å². The van der Waals surface area contributed by atoms with Crippen LogP contribution in [0.25, 0.3) is 0 Å². The third-order valence-corrected chi connectivity index (χ3v) is 3.12. The van der Waals surface area contributed by atoms with Crippen LogP contribution in [0.3, 0.4) is 0 Å². The van der Waals surface area contributed by atoms with Crippen molar-refractivity contribution in [3.63, 3.8) is 0 Å². The largest absolute Gasteiger partial charge is 0.481 e. The lowest BCUT2D eigenvalue weighted by molar-refractivity contribution is -0.122. The first-order valence-corrected chi connectivity index (χ1v) is 6.74. The fourth-order valence-corrected chi connectivity index (χ4v) is 2.02. The summed E-state index contributed by atoms with van der Waals surface area (Å²) in [7, 11) is 0. The second-order valence-corrected chi connectivity index (χ2v) is 4.77. The van der Waals surface area contributed by atoms with Crippen molar-refractivity contribution in [1.29, 1.82) is 0 Å². The zero-order valence-electron chi connectivity index (χ0n) is 11.8.